The molecule has 8 nitrogen and oxygen atoms in total. The van der Waals surface area contributed by atoms with Gasteiger partial charge in [-0.05, 0) is 48.6 Å². The van der Waals surface area contributed by atoms with Gasteiger partial charge in [0.15, 0.2) is 11.6 Å². The number of nitro benzene ring substituents is 2. The lowest BCUT2D eigenvalue weighted by molar-refractivity contribution is -0.385. The highest BCUT2D eigenvalue weighted by Gasteiger charge is 2.11. The second-order valence-corrected chi connectivity index (χ2v) is 8.48. The van der Waals surface area contributed by atoms with Crippen molar-refractivity contribution in [1.82, 2.24) is 0 Å². The molecule has 0 radical (unpaired) electrons. The number of benzene rings is 2. The monoisotopic (exact) mass is 448 g/mol. The van der Waals surface area contributed by atoms with E-state index in [0.29, 0.717) is 22.6 Å². The topological polar surface area (TPSA) is 120 Å². The van der Waals surface area contributed by atoms with Gasteiger partial charge in [-0.1, -0.05) is 0 Å². The molecule has 0 fully saturated rings. The van der Waals surface area contributed by atoms with Gasteiger partial charge >= 0.3 is 0 Å². The summed E-state index contributed by atoms with van der Waals surface area (Å²) in [7, 11) is 0. The molecular weight excluding hydrogens is 428 g/mol. The second kappa shape index (κ2) is 12.1. The third kappa shape index (κ3) is 7.60. The number of rotatable bonds is 13. The molecule has 2 rings (SSSR count). The van der Waals surface area contributed by atoms with E-state index in [1.54, 1.807) is 0 Å². The van der Waals surface area contributed by atoms with E-state index >= 15 is 0 Å². The summed E-state index contributed by atoms with van der Waals surface area (Å²) in [6.45, 7) is 0. The number of hydrogen-bond acceptors (Lipinski definition) is 8. The second-order valence-electron chi connectivity index (χ2n) is 6.27. The molecule has 2 aromatic carbocycles. The van der Waals surface area contributed by atoms with Crippen molar-refractivity contribution < 1.29 is 19.4 Å². The van der Waals surface area contributed by atoms with Crippen LogP contribution in [0.2, 0.25) is 0 Å². The molecule has 2 aromatic rings. The van der Waals surface area contributed by atoms with Crippen LogP contribution in [0, 0.1) is 20.2 Å². The molecule has 30 heavy (non-hydrogen) atoms. The van der Waals surface area contributed by atoms with Crippen LogP contribution in [0.5, 0.6) is 0 Å². The minimum Gasteiger partial charge on any atom is -0.293 e. The van der Waals surface area contributed by atoms with Crippen LogP contribution in [0.3, 0.4) is 0 Å². The van der Waals surface area contributed by atoms with Crippen molar-refractivity contribution >= 4 is 46.5 Å². The number of Topliss-reactive ketones (excluding diaryl/α,β-unsaturated/α-hetero) is 2. The van der Waals surface area contributed by atoms with Gasteiger partial charge in [0, 0.05) is 35.4 Å². The first-order chi connectivity index (χ1) is 14.4. The molecular formula is C20H20N2O6S2. The summed E-state index contributed by atoms with van der Waals surface area (Å²) in [5, 5.41) is 21.2. The molecule has 0 atom stereocenters. The number of nitrogens with zero attached hydrogens (tertiary/aromatic N) is 2. The zero-order valence-electron chi connectivity index (χ0n) is 16.0. The molecule has 0 N–H and O–H groups in total. The summed E-state index contributed by atoms with van der Waals surface area (Å²) in [5.74, 6) is 2.16. The maximum absolute atomic E-state index is 12.1. The maximum atomic E-state index is 12.1. The molecule has 0 saturated carbocycles. The van der Waals surface area contributed by atoms with Gasteiger partial charge < -0.3 is 0 Å². The summed E-state index contributed by atoms with van der Waals surface area (Å²) in [6.07, 6.45) is 1.83. The number of nitro groups is 2. The maximum Gasteiger partial charge on any atom is 0.269 e. The lowest BCUT2D eigenvalue weighted by Gasteiger charge is -2.03. The Bertz CT molecular complexity index is 825. The number of thioether (sulfide) groups is 2. The first-order valence-corrected chi connectivity index (χ1v) is 11.4. The average molecular weight is 449 g/mol. The van der Waals surface area contributed by atoms with E-state index in [1.807, 2.05) is 0 Å². The molecule has 0 saturated heterocycles. The Morgan fingerprint density at radius 1 is 0.667 bits per heavy atom. The van der Waals surface area contributed by atoms with E-state index < -0.39 is 9.85 Å². The molecule has 10 heteroatoms. The first-order valence-electron chi connectivity index (χ1n) is 9.09. The largest absolute Gasteiger partial charge is 0.293 e. The quantitative estimate of drug-likeness (QED) is 0.185. The Kier molecular flexibility index (Phi) is 9.49. The van der Waals surface area contributed by atoms with Crippen LogP contribution >= 0.6 is 23.5 Å². The van der Waals surface area contributed by atoms with Gasteiger partial charge in [-0.3, -0.25) is 29.8 Å². The summed E-state index contributed by atoms with van der Waals surface area (Å²) in [6, 6.07) is 11.2. The predicted octanol–water partition coefficient (Wildman–Crippen LogP) is 4.82. The molecule has 0 aromatic heterocycles. The molecule has 0 aliphatic rings. The first kappa shape index (κ1) is 23.6. The summed E-state index contributed by atoms with van der Waals surface area (Å²) in [4.78, 5) is 44.4. The number of carbonyl (C=O) groups is 2. The standard InChI is InChI=1S/C20H20N2O6S2/c23-19(15-3-7-17(8-4-15)21(25)26)13-29-11-1-2-12-30-14-20(24)16-5-9-18(10-6-16)22(27)28/h3-10H,1-2,11-14H2. The van der Waals surface area contributed by atoms with Crippen LogP contribution in [0.4, 0.5) is 11.4 Å². The Labute approximate surface area is 181 Å². The highest BCUT2D eigenvalue weighted by Crippen LogP contribution is 2.17. The van der Waals surface area contributed by atoms with Gasteiger partial charge in [0.1, 0.15) is 0 Å². The molecule has 0 bridgehead atoms. The molecule has 0 unspecified atom stereocenters. The Morgan fingerprint density at radius 3 is 1.30 bits per heavy atom. The van der Waals surface area contributed by atoms with E-state index in [9.17, 15) is 29.8 Å². The molecule has 0 spiro atoms. The fraction of sp³-hybridized carbons (Fsp3) is 0.300. The predicted molar refractivity (Wildman–Crippen MR) is 119 cm³/mol. The molecule has 0 aliphatic carbocycles. The molecule has 0 amide bonds. The van der Waals surface area contributed by atoms with E-state index in [1.165, 1.54) is 72.1 Å². The van der Waals surface area contributed by atoms with Gasteiger partial charge in [0.25, 0.3) is 11.4 Å². The van der Waals surface area contributed by atoms with E-state index in [4.69, 9.17) is 0 Å². The van der Waals surface area contributed by atoms with Gasteiger partial charge in [-0.15, -0.1) is 0 Å². The van der Waals surface area contributed by atoms with Crippen molar-refractivity contribution in [2.75, 3.05) is 23.0 Å². The Balaban J connectivity index is 1.56. The number of ketones is 2. The summed E-state index contributed by atoms with van der Waals surface area (Å²) in [5.41, 5.74) is 0.856. The average Bonchev–Trinajstić information content (AvgIpc) is 2.75. The third-order valence-corrected chi connectivity index (χ3v) is 6.18. The Morgan fingerprint density at radius 2 is 1.00 bits per heavy atom. The van der Waals surface area contributed by atoms with Gasteiger partial charge in [-0.25, -0.2) is 0 Å². The van der Waals surface area contributed by atoms with Gasteiger partial charge in [0.05, 0.1) is 21.4 Å². The smallest absolute Gasteiger partial charge is 0.269 e. The van der Waals surface area contributed by atoms with E-state index in [-0.39, 0.29) is 22.9 Å². The zero-order chi connectivity index (χ0) is 21.9. The number of carbonyl (C=O) groups excluding carboxylic acids is 2. The third-order valence-electron chi connectivity index (χ3n) is 4.09. The lowest BCUT2D eigenvalue weighted by Crippen LogP contribution is -2.04. The van der Waals surface area contributed by atoms with Crippen LogP contribution in [0.25, 0.3) is 0 Å². The fourth-order valence-electron chi connectivity index (χ4n) is 2.44. The van der Waals surface area contributed by atoms with Crippen molar-refractivity contribution in [3.8, 4) is 0 Å². The minimum atomic E-state index is -0.499. The zero-order valence-corrected chi connectivity index (χ0v) is 17.7. The van der Waals surface area contributed by atoms with Crippen molar-refractivity contribution in [2.24, 2.45) is 0 Å². The normalized spacial score (nSPS) is 10.5. The van der Waals surface area contributed by atoms with Crippen LogP contribution < -0.4 is 0 Å². The van der Waals surface area contributed by atoms with Crippen molar-refractivity contribution in [2.45, 2.75) is 12.8 Å². The fourth-order valence-corrected chi connectivity index (χ4v) is 4.25. The molecule has 158 valence electrons. The van der Waals surface area contributed by atoms with E-state index in [2.05, 4.69) is 0 Å². The number of non-ortho nitro benzene ring substituents is 2. The molecule has 0 aliphatic heterocycles. The Hall–Kier alpha value is -2.72. The SMILES string of the molecule is O=C(CSCCCCSCC(=O)c1ccc([N+](=O)[O-])cc1)c1ccc([N+](=O)[O-])cc1. The van der Waals surface area contributed by atoms with Crippen molar-refractivity contribution in [3.05, 3.63) is 79.9 Å². The summed E-state index contributed by atoms with van der Waals surface area (Å²) >= 11 is 3.03. The summed E-state index contributed by atoms with van der Waals surface area (Å²) < 4.78 is 0. The van der Waals surface area contributed by atoms with Crippen LogP contribution in [-0.2, 0) is 0 Å². The van der Waals surface area contributed by atoms with Crippen molar-refractivity contribution in [3.63, 3.8) is 0 Å². The van der Waals surface area contributed by atoms with Gasteiger partial charge in [-0.2, -0.15) is 23.5 Å². The highest BCUT2D eigenvalue weighted by molar-refractivity contribution is 8.00. The number of hydrogen-bond donors (Lipinski definition) is 0. The van der Waals surface area contributed by atoms with Crippen LogP contribution in [0.1, 0.15) is 33.6 Å². The van der Waals surface area contributed by atoms with Crippen LogP contribution in [-0.4, -0.2) is 44.4 Å². The number of unbranched alkanes of at least 4 members (excludes halogenated alkanes) is 1. The van der Waals surface area contributed by atoms with Crippen LogP contribution in [0.15, 0.2) is 48.5 Å². The molecule has 0 heterocycles. The lowest BCUT2D eigenvalue weighted by atomic mass is 10.1. The van der Waals surface area contributed by atoms with Crippen molar-refractivity contribution in [1.29, 1.82) is 0 Å². The highest BCUT2D eigenvalue weighted by atomic mass is 32.2. The van der Waals surface area contributed by atoms with E-state index in [0.717, 1.165) is 24.3 Å². The minimum absolute atomic E-state index is 0.0382. The van der Waals surface area contributed by atoms with Gasteiger partial charge in [0.2, 0.25) is 0 Å².